The monoisotopic (exact) mass is 154 g/mol. The second-order valence-electron chi connectivity index (χ2n) is 3.20. The van der Waals surface area contributed by atoms with Gasteiger partial charge in [0.25, 0.3) is 0 Å². The van der Waals surface area contributed by atoms with Gasteiger partial charge in [-0.25, -0.2) is 0 Å². The summed E-state index contributed by atoms with van der Waals surface area (Å²) >= 11 is 1.45. The third-order valence-corrected chi connectivity index (χ3v) is 2.26. The Morgan fingerprint density at radius 2 is 1.90 bits per heavy atom. The van der Waals surface area contributed by atoms with Gasteiger partial charge in [0.05, 0.1) is 0 Å². The van der Waals surface area contributed by atoms with Crippen molar-refractivity contribution in [2.75, 3.05) is 0 Å². The molecule has 1 aromatic rings. The second-order valence-corrected chi connectivity index (χ2v) is 4.20. The van der Waals surface area contributed by atoms with Crippen molar-refractivity contribution in [3.8, 4) is 0 Å². The number of rotatable bonds is 0. The molecule has 0 spiro atoms. The molecule has 0 amide bonds. The van der Waals surface area contributed by atoms with Crippen LogP contribution in [0.5, 0.6) is 0 Å². The van der Waals surface area contributed by atoms with Crippen LogP contribution in [0.3, 0.4) is 0 Å². The van der Waals surface area contributed by atoms with Crippen molar-refractivity contribution >= 4 is 11.3 Å². The summed E-state index contributed by atoms with van der Waals surface area (Å²) in [5.74, 6) is 0. The topological polar surface area (TPSA) is 25.8 Å². The molecule has 0 saturated heterocycles. The summed E-state index contributed by atoms with van der Waals surface area (Å²) in [5.41, 5.74) is 0.0787. The van der Waals surface area contributed by atoms with Gasteiger partial charge in [-0.2, -0.15) is 0 Å². The highest BCUT2D eigenvalue weighted by Crippen LogP contribution is 2.24. The molecule has 2 radical (unpaired) electrons. The summed E-state index contributed by atoms with van der Waals surface area (Å²) in [5, 5.41) is 9.20. The van der Waals surface area contributed by atoms with Gasteiger partial charge in [0, 0.05) is 12.3 Å². The van der Waals surface area contributed by atoms with Crippen molar-refractivity contribution in [1.82, 2.24) is 10.2 Å². The van der Waals surface area contributed by atoms with Gasteiger partial charge in [-0.1, -0.05) is 20.8 Å². The Kier molecular flexibility index (Phi) is 1.77. The van der Waals surface area contributed by atoms with E-state index in [2.05, 4.69) is 31.0 Å². The normalized spacial score (nSPS) is 12.0. The SMILES string of the molecule is [CH]c1nnc(C(C)(C)C)s1. The van der Waals surface area contributed by atoms with Gasteiger partial charge < -0.3 is 0 Å². The van der Waals surface area contributed by atoms with Gasteiger partial charge in [0.1, 0.15) is 10.0 Å². The van der Waals surface area contributed by atoms with Gasteiger partial charge in [-0.3, -0.25) is 0 Å². The van der Waals surface area contributed by atoms with E-state index in [1.165, 1.54) is 11.3 Å². The van der Waals surface area contributed by atoms with Crippen LogP contribution < -0.4 is 0 Å². The molecule has 0 N–H and O–H groups in total. The summed E-state index contributed by atoms with van der Waals surface area (Å²) in [6.07, 6.45) is 0. The van der Waals surface area contributed by atoms with Crippen molar-refractivity contribution < 1.29 is 0 Å². The fourth-order valence-corrected chi connectivity index (χ4v) is 1.21. The Hall–Kier alpha value is -0.440. The van der Waals surface area contributed by atoms with E-state index in [1.807, 2.05) is 0 Å². The Labute approximate surface area is 65.3 Å². The van der Waals surface area contributed by atoms with E-state index in [-0.39, 0.29) is 5.41 Å². The van der Waals surface area contributed by atoms with Gasteiger partial charge in [0.15, 0.2) is 0 Å². The zero-order valence-electron chi connectivity index (χ0n) is 6.38. The highest BCUT2D eigenvalue weighted by atomic mass is 32.1. The summed E-state index contributed by atoms with van der Waals surface area (Å²) in [7, 11) is 0. The lowest BCUT2D eigenvalue weighted by Crippen LogP contribution is -2.10. The number of hydrogen-bond acceptors (Lipinski definition) is 3. The molecule has 0 fully saturated rings. The van der Waals surface area contributed by atoms with Crippen LogP contribution in [0.15, 0.2) is 0 Å². The Balaban J connectivity index is 2.96. The molecule has 1 aromatic heterocycles. The average molecular weight is 154 g/mol. The highest BCUT2D eigenvalue weighted by molar-refractivity contribution is 7.11. The van der Waals surface area contributed by atoms with Crippen LogP contribution in [-0.4, -0.2) is 10.2 Å². The molecule has 0 saturated carbocycles. The van der Waals surface area contributed by atoms with Crippen LogP contribution in [-0.2, 0) is 5.41 Å². The lowest BCUT2D eigenvalue weighted by molar-refractivity contribution is 0.578. The van der Waals surface area contributed by atoms with Crippen molar-refractivity contribution in [1.29, 1.82) is 0 Å². The average Bonchev–Trinajstić information content (AvgIpc) is 2.11. The van der Waals surface area contributed by atoms with Crippen LogP contribution in [0.1, 0.15) is 30.8 Å². The third kappa shape index (κ3) is 1.53. The number of hydrogen-bond donors (Lipinski definition) is 0. The smallest absolute Gasteiger partial charge is 0.122 e. The summed E-state index contributed by atoms with van der Waals surface area (Å²) in [4.78, 5) is 0. The molecule has 1 rings (SSSR count). The molecule has 10 heavy (non-hydrogen) atoms. The van der Waals surface area contributed by atoms with Gasteiger partial charge in [-0.05, 0) is 0 Å². The summed E-state index contributed by atoms with van der Waals surface area (Å²) < 4.78 is 0. The van der Waals surface area contributed by atoms with Gasteiger partial charge in [-0.15, -0.1) is 21.5 Å². The molecule has 0 aliphatic carbocycles. The first-order valence-electron chi connectivity index (χ1n) is 3.09. The van der Waals surface area contributed by atoms with Crippen LogP contribution in [0.25, 0.3) is 0 Å². The molecular weight excluding hydrogens is 144 g/mol. The molecule has 1 heterocycles. The lowest BCUT2D eigenvalue weighted by Gasteiger charge is -2.12. The first-order chi connectivity index (χ1) is 4.50. The van der Waals surface area contributed by atoms with E-state index in [0.717, 1.165) is 5.01 Å². The van der Waals surface area contributed by atoms with Crippen LogP contribution >= 0.6 is 11.3 Å². The fraction of sp³-hybridized carbons (Fsp3) is 0.571. The maximum Gasteiger partial charge on any atom is 0.122 e. The standard InChI is InChI=1S/C7H10N2S/c1-5-8-9-6(10-5)7(2,3)4/h1H,2-4H3. The van der Waals surface area contributed by atoms with Gasteiger partial charge in [0.2, 0.25) is 0 Å². The van der Waals surface area contributed by atoms with E-state index >= 15 is 0 Å². The molecule has 54 valence electrons. The second kappa shape index (κ2) is 2.31. The van der Waals surface area contributed by atoms with E-state index in [1.54, 1.807) is 0 Å². The van der Waals surface area contributed by atoms with Crippen molar-refractivity contribution in [2.24, 2.45) is 0 Å². The van der Waals surface area contributed by atoms with Crippen LogP contribution in [0, 0.1) is 6.92 Å². The lowest BCUT2D eigenvalue weighted by atomic mass is 9.98. The molecule has 0 aliphatic heterocycles. The Morgan fingerprint density at radius 1 is 1.30 bits per heavy atom. The third-order valence-electron chi connectivity index (χ3n) is 1.08. The highest BCUT2D eigenvalue weighted by Gasteiger charge is 2.17. The predicted octanol–water partition coefficient (Wildman–Crippen LogP) is 1.89. The largest absolute Gasteiger partial charge is 0.143 e. The molecule has 0 aromatic carbocycles. The molecule has 0 aliphatic rings. The molecule has 0 atom stereocenters. The van der Waals surface area contributed by atoms with E-state index in [4.69, 9.17) is 6.92 Å². The van der Waals surface area contributed by atoms with Gasteiger partial charge >= 0.3 is 0 Å². The molecular formula is C7H10N2S. The van der Waals surface area contributed by atoms with E-state index in [0.29, 0.717) is 5.01 Å². The molecule has 3 heteroatoms. The molecule has 0 unspecified atom stereocenters. The summed E-state index contributed by atoms with van der Waals surface area (Å²) in [6, 6.07) is 0. The quantitative estimate of drug-likeness (QED) is 0.570. The van der Waals surface area contributed by atoms with Crippen LogP contribution in [0.4, 0.5) is 0 Å². The number of aromatic nitrogens is 2. The molecule has 2 nitrogen and oxygen atoms in total. The molecule has 0 bridgehead atoms. The maximum absolute atomic E-state index is 5.42. The maximum atomic E-state index is 5.42. The minimum Gasteiger partial charge on any atom is -0.143 e. The fourth-order valence-electron chi connectivity index (χ4n) is 0.538. The zero-order chi connectivity index (χ0) is 7.78. The van der Waals surface area contributed by atoms with Crippen molar-refractivity contribution in [2.45, 2.75) is 26.2 Å². The minimum absolute atomic E-state index is 0.0787. The van der Waals surface area contributed by atoms with E-state index < -0.39 is 0 Å². The minimum atomic E-state index is 0.0787. The first-order valence-corrected chi connectivity index (χ1v) is 3.91. The summed E-state index contributed by atoms with van der Waals surface area (Å²) in [6.45, 7) is 11.7. The van der Waals surface area contributed by atoms with E-state index in [9.17, 15) is 0 Å². The van der Waals surface area contributed by atoms with Crippen molar-refractivity contribution in [3.63, 3.8) is 0 Å². The Bertz CT molecular complexity index is 222. The van der Waals surface area contributed by atoms with Crippen molar-refractivity contribution in [3.05, 3.63) is 16.9 Å². The number of nitrogens with zero attached hydrogens (tertiary/aromatic N) is 2. The van der Waals surface area contributed by atoms with Crippen LogP contribution in [0.2, 0.25) is 0 Å². The first kappa shape index (κ1) is 7.66. The predicted molar refractivity (Wildman–Crippen MR) is 42.0 cm³/mol. The zero-order valence-corrected chi connectivity index (χ0v) is 7.20. The Morgan fingerprint density at radius 3 is 2.10 bits per heavy atom.